The Morgan fingerprint density at radius 2 is 1.62 bits per heavy atom. The van der Waals surface area contributed by atoms with Gasteiger partial charge in [0.2, 0.25) is 5.91 Å². The Morgan fingerprint density at radius 1 is 0.892 bits per heavy atom. The van der Waals surface area contributed by atoms with Crippen molar-refractivity contribution in [3.63, 3.8) is 0 Å². The molecule has 3 aromatic carbocycles. The fourth-order valence-electron chi connectivity index (χ4n) is 5.57. The number of carbonyl (C=O) groups excluding carboxylic acids is 2. The van der Waals surface area contributed by atoms with Gasteiger partial charge in [0, 0.05) is 18.7 Å². The molecule has 2 aliphatic rings. The maximum absolute atomic E-state index is 13.4. The van der Waals surface area contributed by atoms with Crippen molar-refractivity contribution in [2.75, 3.05) is 13.1 Å². The van der Waals surface area contributed by atoms with Crippen molar-refractivity contribution >= 4 is 11.8 Å². The summed E-state index contributed by atoms with van der Waals surface area (Å²) in [6.07, 6.45) is 6.81. The van der Waals surface area contributed by atoms with Crippen molar-refractivity contribution in [1.82, 2.24) is 10.2 Å². The van der Waals surface area contributed by atoms with Crippen LogP contribution >= 0.6 is 0 Å². The lowest BCUT2D eigenvalue weighted by molar-refractivity contribution is -0.134. The molecule has 4 nitrogen and oxygen atoms in total. The molecule has 5 heteroatoms. The molecule has 1 saturated heterocycles. The van der Waals surface area contributed by atoms with Gasteiger partial charge in [0.15, 0.2) is 0 Å². The van der Waals surface area contributed by atoms with Crippen LogP contribution in [0.2, 0.25) is 0 Å². The van der Waals surface area contributed by atoms with Crippen molar-refractivity contribution in [2.24, 2.45) is 5.92 Å². The van der Waals surface area contributed by atoms with E-state index in [1.807, 2.05) is 71.6 Å². The zero-order valence-electron chi connectivity index (χ0n) is 21.2. The van der Waals surface area contributed by atoms with Gasteiger partial charge in [-0.2, -0.15) is 0 Å². The smallest absolute Gasteiger partial charge is 0.251 e. The highest BCUT2D eigenvalue weighted by Gasteiger charge is 2.38. The molecule has 192 valence electrons. The molecule has 3 aromatic rings. The molecule has 37 heavy (non-hydrogen) atoms. The van der Waals surface area contributed by atoms with Crippen LogP contribution in [0.1, 0.15) is 66.8 Å². The summed E-state index contributed by atoms with van der Waals surface area (Å²) in [5.74, 6) is 0.675. The fourth-order valence-corrected chi connectivity index (χ4v) is 5.57. The minimum atomic E-state index is -0.519. The first-order valence-corrected chi connectivity index (χ1v) is 13.6. The summed E-state index contributed by atoms with van der Waals surface area (Å²) in [7, 11) is 0. The number of nitrogens with zero attached hydrogens (tertiary/aromatic N) is 1. The van der Waals surface area contributed by atoms with Crippen molar-refractivity contribution in [3.05, 3.63) is 95.8 Å². The Bertz CT molecular complexity index is 1200. The van der Waals surface area contributed by atoms with E-state index in [1.165, 1.54) is 17.7 Å². The molecule has 1 heterocycles. The molecular formula is C32H35FN2O2. The number of rotatable bonds is 9. The van der Waals surface area contributed by atoms with E-state index in [0.717, 1.165) is 62.7 Å². The van der Waals surface area contributed by atoms with Gasteiger partial charge in [0.05, 0.1) is 0 Å². The van der Waals surface area contributed by atoms with E-state index >= 15 is 0 Å². The van der Waals surface area contributed by atoms with E-state index in [1.54, 1.807) is 0 Å². The number of hydrogen-bond donors (Lipinski definition) is 1. The van der Waals surface area contributed by atoms with Gasteiger partial charge in [-0.15, -0.1) is 0 Å². The van der Waals surface area contributed by atoms with Crippen molar-refractivity contribution in [2.45, 2.75) is 56.9 Å². The summed E-state index contributed by atoms with van der Waals surface area (Å²) in [6, 6.07) is 23.9. The zero-order chi connectivity index (χ0) is 25.6. The topological polar surface area (TPSA) is 49.4 Å². The minimum Gasteiger partial charge on any atom is -0.341 e. The van der Waals surface area contributed by atoms with Crippen molar-refractivity contribution in [3.8, 4) is 11.1 Å². The van der Waals surface area contributed by atoms with Crippen LogP contribution in [0.4, 0.5) is 4.39 Å². The van der Waals surface area contributed by atoms with E-state index in [4.69, 9.17) is 0 Å². The third kappa shape index (κ3) is 6.46. The number of hydrogen-bond acceptors (Lipinski definition) is 2. The second-order valence-corrected chi connectivity index (χ2v) is 10.4. The van der Waals surface area contributed by atoms with Gasteiger partial charge < -0.3 is 10.2 Å². The normalized spacial score (nSPS) is 19.8. The first kappa shape index (κ1) is 25.2. The first-order chi connectivity index (χ1) is 18.1. The Kier molecular flexibility index (Phi) is 7.98. The van der Waals surface area contributed by atoms with Gasteiger partial charge in [0.25, 0.3) is 5.91 Å². The highest BCUT2D eigenvalue weighted by atomic mass is 19.1. The summed E-state index contributed by atoms with van der Waals surface area (Å²) in [6.45, 7) is 1.54. The molecule has 2 amide bonds. The number of nitrogens with one attached hydrogen (secondary N) is 1. The SMILES string of the molecule is O=C(N[C@@H](CCC[C@@H]1C[C@H]1c1ccc(F)cc1)C(=O)N1CCCCC1)c1cccc(-c2ccccc2)c1. The second kappa shape index (κ2) is 11.7. The number of piperidine rings is 1. The van der Waals surface area contributed by atoms with Gasteiger partial charge in [-0.25, -0.2) is 4.39 Å². The minimum absolute atomic E-state index is 0.0399. The highest BCUT2D eigenvalue weighted by molar-refractivity contribution is 5.98. The standard InChI is InChI=1S/C32H35FN2O2/c33-28-17-15-24(16-18-28)29-22-26(29)12-8-14-30(32(37)35-19-5-2-6-20-35)34-31(36)27-13-7-11-25(21-27)23-9-3-1-4-10-23/h1,3-4,7,9-11,13,15-18,21,26,29-30H,2,5-6,8,12,14,19-20,22H2,(H,34,36)/t26-,29+,30+/m1/s1. The summed E-state index contributed by atoms with van der Waals surface area (Å²) in [5, 5.41) is 3.08. The molecule has 0 spiro atoms. The Morgan fingerprint density at radius 3 is 2.38 bits per heavy atom. The Balaban J connectivity index is 1.23. The van der Waals surface area contributed by atoms with E-state index in [9.17, 15) is 14.0 Å². The van der Waals surface area contributed by atoms with Gasteiger partial charge in [0.1, 0.15) is 11.9 Å². The predicted octanol–water partition coefficient (Wildman–Crippen LogP) is 6.58. The van der Waals surface area contributed by atoms with Crippen LogP contribution in [0.5, 0.6) is 0 Å². The third-order valence-corrected chi connectivity index (χ3v) is 7.79. The average Bonchev–Trinajstić information content (AvgIpc) is 3.73. The highest BCUT2D eigenvalue weighted by Crippen LogP contribution is 2.50. The maximum Gasteiger partial charge on any atom is 0.251 e. The average molecular weight is 499 g/mol. The number of amides is 2. The van der Waals surface area contributed by atoms with Gasteiger partial charge in [-0.3, -0.25) is 9.59 Å². The molecule has 0 aromatic heterocycles. The molecule has 1 N–H and O–H groups in total. The molecule has 5 rings (SSSR count). The number of likely N-dealkylation sites (tertiary alicyclic amines) is 1. The third-order valence-electron chi connectivity index (χ3n) is 7.79. The molecule has 1 saturated carbocycles. The first-order valence-electron chi connectivity index (χ1n) is 13.6. The van der Waals surface area contributed by atoms with Crippen LogP contribution in [0.15, 0.2) is 78.9 Å². The number of carbonyl (C=O) groups is 2. The molecule has 0 bridgehead atoms. The summed E-state index contributed by atoms with van der Waals surface area (Å²) in [5.41, 5.74) is 3.79. The molecule has 1 aliphatic heterocycles. The van der Waals surface area contributed by atoms with E-state index in [2.05, 4.69) is 5.32 Å². The molecule has 0 radical (unpaired) electrons. The zero-order valence-corrected chi connectivity index (χ0v) is 21.2. The van der Waals surface area contributed by atoms with Crippen LogP contribution in [0, 0.1) is 11.7 Å². The van der Waals surface area contributed by atoms with Gasteiger partial charge >= 0.3 is 0 Å². The lowest BCUT2D eigenvalue weighted by atomic mass is 10.0. The fraction of sp³-hybridized carbons (Fsp3) is 0.375. The van der Waals surface area contributed by atoms with Crippen LogP contribution in [-0.2, 0) is 4.79 Å². The Labute approximate surface area is 218 Å². The van der Waals surface area contributed by atoms with Crippen LogP contribution < -0.4 is 5.32 Å². The van der Waals surface area contributed by atoms with Crippen LogP contribution in [0.25, 0.3) is 11.1 Å². The quantitative estimate of drug-likeness (QED) is 0.362. The van der Waals surface area contributed by atoms with E-state index in [0.29, 0.717) is 23.8 Å². The maximum atomic E-state index is 13.4. The summed E-state index contributed by atoms with van der Waals surface area (Å²) in [4.78, 5) is 28.6. The molecule has 3 atom stereocenters. The molecule has 0 unspecified atom stereocenters. The molecular weight excluding hydrogens is 463 g/mol. The predicted molar refractivity (Wildman–Crippen MR) is 145 cm³/mol. The molecule has 2 fully saturated rings. The lowest BCUT2D eigenvalue weighted by Gasteiger charge is -2.31. The summed E-state index contributed by atoms with van der Waals surface area (Å²) < 4.78 is 13.3. The van der Waals surface area contributed by atoms with Gasteiger partial charge in [-0.1, -0.05) is 61.0 Å². The number of benzene rings is 3. The molecule has 1 aliphatic carbocycles. The monoisotopic (exact) mass is 498 g/mol. The Hall–Kier alpha value is -3.47. The second-order valence-electron chi connectivity index (χ2n) is 10.4. The van der Waals surface area contributed by atoms with Crippen molar-refractivity contribution < 1.29 is 14.0 Å². The van der Waals surface area contributed by atoms with Crippen LogP contribution in [0.3, 0.4) is 0 Å². The largest absolute Gasteiger partial charge is 0.341 e. The van der Waals surface area contributed by atoms with E-state index < -0.39 is 6.04 Å². The number of halogens is 1. The van der Waals surface area contributed by atoms with Gasteiger partial charge in [-0.05, 0) is 91.3 Å². The summed E-state index contributed by atoms with van der Waals surface area (Å²) >= 11 is 0. The lowest BCUT2D eigenvalue weighted by Crippen LogP contribution is -2.50. The van der Waals surface area contributed by atoms with E-state index in [-0.39, 0.29) is 17.6 Å². The van der Waals surface area contributed by atoms with Crippen LogP contribution in [-0.4, -0.2) is 35.8 Å². The van der Waals surface area contributed by atoms with Crippen molar-refractivity contribution in [1.29, 1.82) is 0 Å².